The lowest BCUT2D eigenvalue weighted by molar-refractivity contribution is -0.384. The maximum Gasteiger partial charge on any atom is 0.270 e. The lowest BCUT2D eigenvalue weighted by atomic mass is 10.1. The highest BCUT2D eigenvalue weighted by Gasteiger charge is 2.12. The van der Waals surface area contributed by atoms with Crippen LogP contribution in [-0.2, 0) is 6.54 Å². The fraction of sp³-hybridized carbons (Fsp3) is 0.0455. The molecule has 5 nitrogen and oxygen atoms in total. The van der Waals surface area contributed by atoms with E-state index >= 15 is 0 Å². The molecule has 138 valence electrons. The number of allylic oxidation sites excluding steroid dienone is 1. The number of nitrogens with zero attached hydrogens (tertiary/aromatic N) is 3. The molecule has 6 heteroatoms. The normalized spacial score (nSPS) is 11.6. The van der Waals surface area contributed by atoms with E-state index in [0.29, 0.717) is 6.54 Å². The Morgan fingerprint density at radius 3 is 2.71 bits per heavy atom. The number of nitro groups is 1. The van der Waals surface area contributed by atoms with Gasteiger partial charge in [0.25, 0.3) is 5.69 Å². The van der Waals surface area contributed by atoms with E-state index in [2.05, 4.69) is 24.8 Å². The molecule has 0 N–H and O–H groups in total. The van der Waals surface area contributed by atoms with Gasteiger partial charge in [-0.15, -0.1) is 17.9 Å². The Hall–Kier alpha value is -3.51. The maximum absolute atomic E-state index is 11.1. The zero-order chi connectivity index (χ0) is 19.5. The van der Waals surface area contributed by atoms with Gasteiger partial charge < -0.3 is 4.57 Å². The molecule has 1 aromatic heterocycles. The standard InChI is InChI=1S/C22H17N3O2S/c1-2-13-24-21(17-9-5-10-18(14-17)25(26)27)15-28-22(24)23-20-12-6-8-16-7-3-4-11-19(16)20/h2-12,14-15H,1,13H2. The molecule has 0 bridgehead atoms. The number of fused-ring (bicyclic) bond motifs is 1. The third kappa shape index (κ3) is 3.37. The molecule has 0 unspecified atom stereocenters. The van der Waals surface area contributed by atoms with Gasteiger partial charge in [0, 0.05) is 35.0 Å². The second kappa shape index (κ2) is 7.62. The van der Waals surface area contributed by atoms with Crippen molar-refractivity contribution in [3.63, 3.8) is 0 Å². The monoisotopic (exact) mass is 387 g/mol. The summed E-state index contributed by atoms with van der Waals surface area (Å²) in [6.45, 7) is 4.41. The van der Waals surface area contributed by atoms with E-state index in [1.165, 1.54) is 17.4 Å². The largest absolute Gasteiger partial charge is 0.313 e. The van der Waals surface area contributed by atoms with Gasteiger partial charge in [0.05, 0.1) is 16.3 Å². The predicted octanol–water partition coefficient (Wildman–Crippen LogP) is 5.70. The van der Waals surface area contributed by atoms with E-state index in [9.17, 15) is 10.1 Å². The highest BCUT2D eigenvalue weighted by Crippen LogP contribution is 2.27. The van der Waals surface area contributed by atoms with Gasteiger partial charge in [0.2, 0.25) is 0 Å². The Morgan fingerprint density at radius 1 is 1.11 bits per heavy atom. The minimum atomic E-state index is -0.380. The molecule has 0 saturated carbocycles. The SMILES string of the molecule is C=CCn1c(-c2cccc([N+](=O)[O-])c2)csc1=Nc1cccc2ccccc12. The quantitative estimate of drug-likeness (QED) is 0.251. The molecule has 4 rings (SSSR count). The molecule has 1 heterocycles. The highest BCUT2D eigenvalue weighted by molar-refractivity contribution is 7.07. The number of thiazole rings is 1. The van der Waals surface area contributed by atoms with Gasteiger partial charge in [0.1, 0.15) is 0 Å². The summed E-state index contributed by atoms with van der Waals surface area (Å²) in [5, 5.41) is 15.3. The van der Waals surface area contributed by atoms with Crippen molar-refractivity contribution in [3.8, 4) is 11.3 Å². The minimum Gasteiger partial charge on any atom is -0.313 e. The van der Waals surface area contributed by atoms with E-state index in [1.807, 2.05) is 40.3 Å². The summed E-state index contributed by atoms with van der Waals surface area (Å²) in [5.74, 6) is 0. The first kappa shape index (κ1) is 17.9. The van der Waals surface area contributed by atoms with Crippen LogP contribution in [0.1, 0.15) is 0 Å². The van der Waals surface area contributed by atoms with E-state index < -0.39 is 0 Å². The average molecular weight is 387 g/mol. The van der Waals surface area contributed by atoms with Gasteiger partial charge in [-0.25, -0.2) is 4.99 Å². The van der Waals surface area contributed by atoms with Crippen molar-refractivity contribution in [2.24, 2.45) is 4.99 Å². The predicted molar refractivity (Wildman–Crippen MR) is 114 cm³/mol. The molecule has 0 aliphatic heterocycles. The molecule has 0 fully saturated rings. The molecule has 0 saturated heterocycles. The Balaban J connectivity index is 1.89. The van der Waals surface area contributed by atoms with Gasteiger partial charge in [0.15, 0.2) is 4.80 Å². The molecular weight excluding hydrogens is 370 g/mol. The van der Waals surface area contributed by atoms with E-state index in [0.717, 1.165) is 32.5 Å². The van der Waals surface area contributed by atoms with Crippen LogP contribution in [0.3, 0.4) is 0 Å². The van der Waals surface area contributed by atoms with Crippen LogP contribution in [-0.4, -0.2) is 9.49 Å². The first-order valence-corrected chi connectivity index (χ1v) is 9.62. The fourth-order valence-corrected chi connectivity index (χ4v) is 4.07. The minimum absolute atomic E-state index is 0.0707. The zero-order valence-electron chi connectivity index (χ0n) is 15.0. The summed E-state index contributed by atoms with van der Waals surface area (Å²) in [6, 6.07) is 20.8. The van der Waals surface area contributed by atoms with Gasteiger partial charge in [-0.3, -0.25) is 10.1 Å². The molecule has 3 aromatic carbocycles. The number of hydrogen-bond donors (Lipinski definition) is 0. The third-order valence-corrected chi connectivity index (χ3v) is 5.31. The van der Waals surface area contributed by atoms with Crippen LogP contribution in [0.15, 0.2) is 89.8 Å². The van der Waals surface area contributed by atoms with Crippen LogP contribution in [0, 0.1) is 10.1 Å². The van der Waals surface area contributed by atoms with E-state index in [1.54, 1.807) is 18.2 Å². The van der Waals surface area contributed by atoms with Crippen LogP contribution < -0.4 is 4.80 Å². The van der Waals surface area contributed by atoms with Gasteiger partial charge in [-0.1, -0.05) is 54.6 Å². The van der Waals surface area contributed by atoms with Crippen LogP contribution in [0.4, 0.5) is 11.4 Å². The topological polar surface area (TPSA) is 60.4 Å². The van der Waals surface area contributed by atoms with Crippen molar-refractivity contribution in [2.75, 3.05) is 0 Å². The van der Waals surface area contributed by atoms with Gasteiger partial charge in [-0.2, -0.15) is 0 Å². The van der Waals surface area contributed by atoms with Crippen molar-refractivity contribution < 1.29 is 4.92 Å². The summed E-state index contributed by atoms with van der Waals surface area (Å²) in [6.07, 6.45) is 1.80. The van der Waals surface area contributed by atoms with Crippen molar-refractivity contribution in [1.29, 1.82) is 0 Å². The Morgan fingerprint density at radius 2 is 1.89 bits per heavy atom. The molecule has 0 amide bonds. The van der Waals surface area contributed by atoms with Crippen LogP contribution >= 0.6 is 11.3 Å². The molecule has 4 aromatic rings. The number of rotatable bonds is 5. The molecule has 0 aliphatic rings. The Labute approximate surface area is 165 Å². The number of hydrogen-bond acceptors (Lipinski definition) is 4. The van der Waals surface area contributed by atoms with Crippen LogP contribution in [0.25, 0.3) is 22.0 Å². The third-order valence-electron chi connectivity index (χ3n) is 4.44. The summed E-state index contributed by atoms with van der Waals surface area (Å²) in [4.78, 5) is 16.5. The number of non-ortho nitro benzene ring substituents is 1. The number of aromatic nitrogens is 1. The second-order valence-electron chi connectivity index (χ2n) is 6.22. The van der Waals surface area contributed by atoms with Crippen molar-refractivity contribution in [1.82, 2.24) is 4.57 Å². The molecule has 0 spiro atoms. The van der Waals surface area contributed by atoms with Crippen molar-refractivity contribution in [2.45, 2.75) is 6.54 Å². The summed E-state index contributed by atoms with van der Waals surface area (Å²) >= 11 is 1.51. The zero-order valence-corrected chi connectivity index (χ0v) is 15.8. The summed E-state index contributed by atoms with van der Waals surface area (Å²) in [7, 11) is 0. The number of benzene rings is 3. The Kier molecular flexibility index (Phi) is 4.87. The fourth-order valence-electron chi connectivity index (χ4n) is 3.14. The average Bonchev–Trinajstić information content (AvgIpc) is 3.11. The van der Waals surface area contributed by atoms with E-state index in [4.69, 9.17) is 4.99 Å². The lowest BCUT2D eigenvalue weighted by Crippen LogP contribution is -2.14. The van der Waals surface area contributed by atoms with E-state index in [-0.39, 0.29) is 10.6 Å². The number of nitro benzene ring substituents is 1. The molecule has 0 atom stereocenters. The van der Waals surface area contributed by atoms with Gasteiger partial charge >= 0.3 is 0 Å². The summed E-state index contributed by atoms with van der Waals surface area (Å²) in [5.41, 5.74) is 2.63. The first-order chi connectivity index (χ1) is 13.7. The lowest BCUT2D eigenvalue weighted by Gasteiger charge is -2.07. The van der Waals surface area contributed by atoms with Gasteiger partial charge in [-0.05, 0) is 11.5 Å². The smallest absolute Gasteiger partial charge is 0.270 e. The van der Waals surface area contributed by atoms with Crippen LogP contribution in [0.5, 0.6) is 0 Å². The van der Waals surface area contributed by atoms with Crippen molar-refractivity contribution in [3.05, 3.63) is 99.7 Å². The molecule has 0 radical (unpaired) electrons. The highest BCUT2D eigenvalue weighted by atomic mass is 32.1. The first-order valence-electron chi connectivity index (χ1n) is 8.74. The molecular formula is C22H17N3O2S. The molecule has 28 heavy (non-hydrogen) atoms. The molecule has 0 aliphatic carbocycles. The maximum atomic E-state index is 11.1. The second-order valence-corrected chi connectivity index (χ2v) is 7.06. The van der Waals surface area contributed by atoms with Crippen LogP contribution in [0.2, 0.25) is 0 Å². The Bertz CT molecular complexity index is 1250. The summed E-state index contributed by atoms with van der Waals surface area (Å²) < 4.78 is 2.03. The van der Waals surface area contributed by atoms with Crippen molar-refractivity contribution >= 4 is 33.5 Å².